The van der Waals surface area contributed by atoms with E-state index in [9.17, 15) is 13.9 Å². The fourth-order valence-corrected chi connectivity index (χ4v) is 2.58. The molecule has 3 aromatic rings. The van der Waals surface area contributed by atoms with E-state index in [2.05, 4.69) is 0 Å². The van der Waals surface area contributed by atoms with Crippen molar-refractivity contribution in [2.75, 3.05) is 11.5 Å². The van der Waals surface area contributed by atoms with Crippen molar-refractivity contribution < 1.29 is 17.8 Å². The van der Waals surface area contributed by atoms with Crippen LogP contribution in [-0.4, -0.2) is 19.8 Å². The lowest BCUT2D eigenvalue weighted by molar-refractivity contribution is -0.0980. The summed E-state index contributed by atoms with van der Waals surface area (Å²) in [6.45, 7) is 2.00. The molecule has 3 rings (SSSR count). The van der Waals surface area contributed by atoms with Crippen LogP contribution in [0.3, 0.4) is 0 Å². The number of hydrogen-bond acceptors (Lipinski definition) is 5. The van der Waals surface area contributed by atoms with Gasteiger partial charge < -0.3 is 21.8 Å². The summed E-state index contributed by atoms with van der Waals surface area (Å²) < 4.78 is 30.2. The van der Waals surface area contributed by atoms with E-state index in [0.717, 1.165) is 4.70 Å². The van der Waals surface area contributed by atoms with Crippen molar-refractivity contribution in [2.45, 2.75) is 4.90 Å². The first kappa shape index (κ1) is 22.5. The normalized spacial score (nSPS) is 9.89. The van der Waals surface area contributed by atoms with Crippen LogP contribution in [0.15, 0.2) is 83.8 Å². The zero-order valence-corrected chi connectivity index (χ0v) is 15.7. The molecule has 0 aromatic heterocycles. The van der Waals surface area contributed by atoms with Crippen molar-refractivity contribution in [1.29, 1.82) is 0 Å². The molecule has 28 heavy (non-hydrogen) atoms. The molecule has 0 heterocycles. The van der Waals surface area contributed by atoms with Gasteiger partial charge in [-0.2, -0.15) is 8.42 Å². The molecule has 0 unspecified atom stereocenters. The van der Waals surface area contributed by atoms with E-state index < -0.39 is 10.1 Å². The van der Waals surface area contributed by atoms with E-state index in [1.54, 1.807) is 66.7 Å². The maximum Gasteiger partial charge on any atom is 0.294 e. The van der Waals surface area contributed by atoms with Crippen molar-refractivity contribution in [3.63, 3.8) is 0 Å². The minimum absolute atomic E-state index is 0.0741. The zero-order valence-electron chi connectivity index (χ0n) is 14.8. The number of benzene rings is 3. The van der Waals surface area contributed by atoms with E-state index in [4.69, 9.17) is 20.8 Å². The van der Waals surface area contributed by atoms with E-state index in [-0.39, 0.29) is 4.90 Å². The summed E-state index contributed by atoms with van der Waals surface area (Å²) in [7, 11) is -4.00. The van der Waals surface area contributed by atoms with Crippen LogP contribution in [0, 0.1) is 0 Å². The number of anilines is 2. The van der Waals surface area contributed by atoms with Gasteiger partial charge in [0.05, 0.1) is 4.90 Å². The van der Waals surface area contributed by atoms with Crippen LogP contribution in [0.1, 0.15) is 0 Å². The Morgan fingerprint density at radius 3 is 1.43 bits per heavy atom. The second kappa shape index (κ2) is 10.6. The van der Waals surface area contributed by atoms with Gasteiger partial charge in [-0.15, -0.1) is 0 Å². The average Bonchev–Trinajstić information content (AvgIpc) is 2.70. The molecule has 0 aliphatic heterocycles. The van der Waals surface area contributed by atoms with Crippen LogP contribution in [0.5, 0.6) is 0 Å². The topological polar surface area (TPSA) is 149 Å². The highest BCUT2D eigenvalue weighted by atomic mass is 32.2. The molecule has 0 spiro atoms. The quantitative estimate of drug-likeness (QED) is 0.265. The van der Waals surface area contributed by atoms with Crippen LogP contribution in [-0.2, 0) is 14.9 Å². The Morgan fingerprint density at radius 2 is 1.11 bits per heavy atom. The predicted molar refractivity (Wildman–Crippen MR) is 110 cm³/mol. The molecule has 0 amide bonds. The first-order valence-corrected chi connectivity index (χ1v) is 9.24. The molecule has 0 fully saturated rings. The Hall–Kier alpha value is -3.56. The molecule has 9 heteroatoms. The number of nitrogen functional groups attached to an aromatic ring is 2. The van der Waals surface area contributed by atoms with E-state index in [1.807, 2.05) is 6.79 Å². The molecular weight excluding hydrogens is 380 g/mol. The van der Waals surface area contributed by atoms with E-state index in [0.29, 0.717) is 22.7 Å². The van der Waals surface area contributed by atoms with E-state index >= 15 is 0 Å². The summed E-state index contributed by atoms with van der Waals surface area (Å²) in [6, 6.07) is 21.5. The molecule has 0 bridgehead atoms. The van der Waals surface area contributed by atoms with Gasteiger partial charge in [-0.05, 0) is 24.3 Å². The Labute approximate surface area is 163 Å². The minimum atomic E-state index is -4.00. The lowest BCUT2D eigenvalue weighted by atomic mass is 10.2. The molecule has 8 nitrogen and oxygen atoms in total. The third-order valence-corrected chi connectivity index (χ3v) is 4.24. The molecular formula is C19H20N4O4S. The molecule has 5 N–H and O–H groups in total. The Bertz CT molecular complexity index is 977. The fourth-order valence-electron chi connectivity index (χ4n) is 2.08. The molecule has 0 radical (unpaired) electrons. The third-order valence-electron chi connectivity index (χ3n) is 3.37. The number of rotatable bonds is 3. The van der Waals surface area contributed by atoms with Crippen molar-refractivity contribution in [2.24, 2.45) is 0 Å². The average molecular weight is 400 g/mol. The van der Waals surface area contributed by atoms with Gasteiger partial charge in [-0.25, -0.2) is 4.70 Å². The van der Waals surface area contributed by atoms with Gasteiger partial charge >= 0.3 is 0 Å². The molecule has 146 valence electrons. The zero-order chi connectivity index (χ0) is 21.2. The highest BCUT2D eigenvalue weighted by Gasteiger charge is 2.12. The van der Waals surface area contributed by atoms with Gasteiger partial charge in [-0.1, -0.05) is 42.5 Å². The van der Waals surface area contributed by atoms with Crippen LogP contribution >= 0.6 is 0 Å². The monoisotopic (exact) mass is 400 g/mol. The standard InChI is InChI=1S/C12H12N4.C6H6O3S.CH2O/c13-9-5-1-3-7-11(9)16(15)12-8-4-2-6-10(12)14;7-10(8,9)6-4-2-1-3-5-6;1-2/h1-8H,13-14H2;1-5H,(H,7,8,9);1H2. The lowest BCUT2D eigenvalue weighted by Gasteiger charge is -2.09. The first-order chi connectivity index (χ1) is 13.3. The highest BCUT2D eigenvalue weighted by molar-refractivity contribution is 7.85. The summed E-state index contributed by atoms with van der Waals surface area (Å²) in [5.74, 6) is 0. The smallest absolute Gasteiger partial charge is 0.294 e. The van der Waals surface area contributed by atoms with Crippen molar-refractivity contribution in [3.8, 4) is 0 Å². The van der Waals surface area contributed by atoms with Gasteiger partial charge in [0.1, 0.15) is 18.2 Å². The number of para-hydroxylation sites is 4. The summed E-state index contributed by atoms with van der Waals surface area (Å²) in [4.78, 5) is 7.93. The molecule has 3 aromatic carbocycles. The molecule has 0 saturated heterocycles. The third kappa shape index (κ3) is 6.31. The van der Waals surface area contributed by atoms with Gasteiger partial charge in [0, 0.05) is 12.1 Å². The number of hydrogen-bond donors (Lipinski definition) is 3. The summed E-state index contributed by atoms with van der Waals surface area (Å²) >= 11 is 0. The fraction of sp³-hybridized carbons (Fsp3) is 0. The number of carbonyl (C=O) groups is 1. The predicted octanol–water partition coefficient (Wildman–Crippen LogP) is 3.46. The largest absolute Gasteiger partial charge is 0.493 e. The second-order valence-electron chi connectivity index (χ2n) is 5.22. The maximum absolute atomic E-state index is 10.4. The Balaban J connectivity index is 0.000000281. The van der Waals surface area contributed by atoms with Gasteiger partial charge in [0.15, 0.2) is 0 Å². The summed E-state index contributed by atoms with van der Waals surface area (Å²) in [5.41, 5.74) is 23.6. The summed E-state index contributed by atoms with van der Waals surface area (Å²) in [5, 5.41) is 0. The van der Waals surface area contributed by atoms with Crippen LogP contribution in [0.2, 0.25) is 0 Å². The van der Waals surface area contributed by atoms with Gasteiger partial charge in [0.25, 0.3) is 10.1 Å². The Morgan fingerprint density at radius 1 is 0.750 bits per heavy atom. The van der Waals surface area contributed by atoms with Crippen molar-refractivity contribution in [3.05, 3.63) is 84.4 Å². The molecule has 0 aliphatic carbocycles. The lowest BCUT2D eigenvalue weighted by Crippen LogP contribution is -2.03. The van der Waals surface area contributed by atoms with Gasteiger partial charge in [0.2, 0.25) is 11.4 Å². The van der Waals surface area contributed by atoms with Crippen molar-refractivity contribution >= 4 is 39.7 Å². The van der Waals surface area contributed by atoms with Crippen LogP contribution in [0.25, 0.3) is 5.53 Å². The highest BCUT2D eigenvalue weighted by Crippen LogP contribution is 2.29. The number of nitrogens with two attached hydrogens (primary N) is 2. The molecule has 0 aliphatic rings. The second-order valence-corrected chi connectivity index (χ2v) is 6.64. The first-order valence-electron chi connectivity index (χ1n) is 7.80. The Kier molecular flexibility index (Phi) is 8.47. The number of nitrogens with zero attached hydrogens (tertiary/aromatic N) is 2. The molecule has 0 saturated carbocycles. The van der Waals surface area contributed by atoms with Gasteiger partial charge in [-0.3, -0.25) is 4.55 Å². The SMILES string of the molecule is C=O.O=S(=O)(O)c1ccccc1.[N-]=[N+](c1ccccc1N)c1ccccc1N. The number of carbonyl (C=O) groups excluding carboxylic acids is 1. The van der Waals surface area contributed by atoms with Crippen molar-refractivity contribution in [1.82, 2.24) is 4.70 Å². The van der Waals surface area contributed by atoms with E-state index in [1.165, 1.54) is 12.1 Å². The van der Waals surface area contributed by atoms with Crippen LogP contribution < -0.4 is 16.2 Å². The van der Waals surface area contributed by atoms with Crippen LogP contribution in [0.4, 0.5) is 22.7 Å². The minimum Gasteiger partial charge on any atom is -0.493 e. The molecule has 0 atom stereocenters. The maximum atomic E-state index is 10.4. The summed E-state index contributed by atoms with van der Waals surface area (Å²) in [6.07, 6.45) is 0.